The predicted octanol–water partition coefficient (Wildman–Crippen LogP) is 5.14. The molecule has 3 N–H and O–H groups in total. The van der Waals surface area contributed by atoms with Crippen molar-refractivity contribution in [2.75, 3.05) is 0 Å². The molecule has 8 nitrogen and oxygen atoms in total. The fourth-order valence-electron chi connectivity index (χ4n) is 2.65. The van der Waals surface area contributed by atoms with E-state index in [2.05, 4.69) is 10.2 Å². The van der Waals surface area contributed by atoms with Crippen LogP contribution in [0.25, 0.3) is 10.8 Å². The molecule has 0 bridgehead atoms. The van der Waals surface area contributed by atoms with Crippen LogP contribution in [0, 0.1) is 6.92 Å². The summed E-state index contributed by atoms with van der Waals surface area (Å²) < 4.78 is 32.9. The number of carboxylic acid groups (broad SMARTS) is 1. The molecule has 0 heterocycles. The summed E-state index contributed by atoms with van der Waals surface area (Å²) in [5, 5.41) is 28.0. The van der Waals surface area contributed by atoms with E-state index in [9.17, 15) is 28.0 Å². The Kier molecular flexibility index (Phi) is 7.73. The van der Waals surface area contributed by atoms with E-state index in [1.54, 1.807) is 24.3 Å². The van der Waals surface area contributed by atoms with E-state index in [-0.39, 0.29) is 53.5 Å². The average molecular weight is 495 g/mol. The van der Waals surface area contributed by atoms with Gasteiger partial charge in [0, 0.05) is 48.1 Å². The van der Waals surface area contributed by atoms with Crippen molar-refractivity contribution in [1.29, 1.82) is 0 Å². The Morgan fingerprint density at radius 1 is 1.07 bits per heavy atom. The second kappa shape index (κ2) is 9.35. The first-order valence-electron chi connectivity index (χ1n) is 7.88. The van der Waals surface area contributed by atoms with Crippen molar-refractivity contribution in [3.63, 3.8) is 0 Å². The van der Waals surface area contributed by atoms with Gasteiger partial charge in [0.2, 0.25) is 0 Å². The smallest absolute Gasteiger partial charge is 0.339 e. The molecule has 0 saturated heterocycles. The molecule has 152 valence electrons. The zero-order valence-electron chi connectivity index (χ0n) is 15.3. The van der Waals surface area contributed by atoms with E-state index in [1.165, 1.54) is 13.0 Å². The summed E-state index contributed by atoms with van der Waals surface area (Å²) in [5.41, 5.74) is -0.722. The van der Waals surface area contributed by atoms with Crippen LogP contribution >= 0.6 is 23.2 Å². The molecular weight excluding hydrogens is 483 g/mol. The Balaban J connectivity index is 0.00000320. The van der Waals surface area contributed by atoms with Gasteiger partial charge in [-0.15, -0.1) is 10.2 Å². The average Bonchev–Trinajstić information content (AvgIpc) is 2.65. The summed E-state index contributed by atoms with van der Waals surface area (Å²) in [5.74, 6) is -2.04. The number of azo groups is 1. The number of nitrogens with zero attached hydrogens (tertiary/aromatic N) is 2. The van der Waals surface area contributed by atoms with Gasteiger partial charge in [-0.1, -0.05) is 47.5 Å². The minimum atomic E-state index is -4.75. The topological polar surface area (TPSA) is 137 Å². The van der Waals surface area contributed by atoms with Crippen molar-refractivity contribution in [1.82, 2.24) is 0 Å². The molecular formula is C18H12CaCl2N2O6S. The van der Waals surface area contributed by atoms with Gasteiger partial charge in [0.25, 0.3) is 10.1 Å². The van der Waals surface area contributed by atoms with Crippen LogP contribution in [0.2, 0.25) is 10.0 Å². The maximum atomic E-state index is 11.7. The Morgan fingerprint density at radius 3 is 2.27 bits per heavy atom. The standard InChI is InChI=1S/C18H12Cl2N2O6S.Ca/c1-8-12(19)7-13(29(26,27)28)16(14(8)20)22-21-15-10-5-3-2-4-9(10)6-11(17(15)23)18(24)25;/h2-7,23H,1H3,(H,24,25)(H,26,27,28);. The molecule has 2 radical (unpaired) electrons. The molecule has 3 aromatic rings. The van der Waals surface area contributed by atoms with Crippen LogP contribution in [-0.2, 0) is 10.1 Å². The number of hydrogen-bond acceptors (Lipinski definition) is 6. The van der Waals surface area contributed by atoms with E-state index < -0.39 is 38.0 Å². The van der Waals surface area contributed by atoms with Crippen LogP contribution in [0.5, 0.6) is 5.75 Å². The van der Waals surface area contributed by atoms with Crippen LogP contribution in [0.15, 0.2) is 51.5 Å². The number of rotatable bonds is 4. The summed E-state index contributed by atoms with van der Waals surface area (Å²) in [4.78, 5) is 10.8. The number of fused-ring (bicyclic) bond motifs is 1. The molecule has 0 aliphatic carbocycles. The molecule has 0 aromatic heterocycles. The number of phenols is 1. The molecule has 0 aliphatic rings. The molecule has 0 fully saturated rings. The van der Waals surface area contributed by atoms with Crippen LogP contribution in [0.3, 0.4) is 0 Å². The zero-order valence-corrected chi connectivity index (χ0v) is 19.8. The predicted molar refractivity (Wildman–Crippen MR) is 114 cm³/mol. The third-order valence-electron chi connectivity index (χ3n) is 4.14. The van der Waals surface area contributed by atoms with E-state index in [0.29, 0.717) is 16.3 Å². The SMILES string of the molecule is Cc1c(Cl)cc(S(=O)(=O)O)c(N=Nc2c(O)c(C(=O)O)cc3ccccc23)c1Cl.[Ca]. The number of carboxylic acids is 1. The van der Waals surface area contributed by atoms with Crippen molar-refractivity contribution >= 4 is 99.2 Å². The van der Waals surface area contributed by atoms with Gasteiger partial charge in [-0.05, 0) is 30.0 Å². The third kappa shape index (κ3) is 4.72. The maximum absolute atomic E-state index is 11.7. The second-order valence-corrected chi connectivity index (χ2v) is 8.14. The van der Waals surface area contributed by atoms with Crippen molar-refractivity contribution in [2.45, 2.75) is 11.8 Å². The van der Waals surface area contributed by atoms with Gasteiger partial charge in [-0.2, -0.15) is 8.42 Å². The van der Waals surface area contributed by atoms with Crippen molar-refractivity contribution in [3.05, 3.63) is 57.6 Å². The molecule has 0 spiro atoms. The van der Waals surface area contributed by atoms with Gasteiger partial charge in [0.15, 0.2) is 5.75 Å². The fourth-order valence-corrected chi connectivity index (χ4v) is 3.92. The Morgan fingerprint density at radius 2 is 1.67 bits per heavy atom. The van der Waals surface area contributed by atoms with Crippen molar-refractivity contribution in [2.24, 2.45) is 10.2 Å². The van der Waals surface area contributed by atoms with E-state index in [1.807, 2.05) is 0 Å². The largest absolute Gasteiger partial charge is 0.505 e. The first kappa shape index (κ1) is 24.8. The van der Waals surface area contributed by atoms with Crippen molar-refractivity contribution in [3.8, 4) is 5.75 Å². The van der Waals surface area contributed by atoms with E-state index >= 15 is 0 Å². The quantitative estimate of drug-likeness (QED) is 0.260. The molecule has 12 heteroatoms. The summed E-state index contributed by atoms with van der Waals surface area (Å²) in [6.07, 6.45) is 0. The molecule has 0 aliphatic heterocycles. The van der Waals surface area contributed by atoms with Crippen LogP contribution < -0.4 is 0 Å². The first-order chi connectivity index (χ1) is 13.5. The minimum absolute atomic E-state index is 0. The molecule has 0 amide bonds. The monoisotopic (exact) mass is 494 g/mol. The van der Waals surface area contributed by atoms with E-state index in [0.717, 1.165) is 6.07 Å². The van der Waals surface area contributed by atoms with Gasteiger partial charge in [0.05, 0.1) is 5.02 Å². The Bertz CT molecular complexity index is 1310. The van der Waals surface area contributed by atoms with Gasteiger partial charge < -0.3 is 10.2 Å². The molecule has 0 unspecified atom stereocenters. The number of carbonyl (C=O) groups is 1. The van der Waals surface area contributed by atoms with Gasteiger partial charge in [0.1, 0.15) is 21.8 Å². The molecule has 3 rings (SSSR count). The van der Waals surface area contributed by atoms with Gasteiger partial charge in [-0.3, -0.25) is 4.55 Å². The van der Waals surface area contributed by atoms with Crippen LogP contribution in [0.4, 0.5) is 11.4 Å². The Hall–Kier alpha value is -1.46. The molecule has 0 atom stereocenters. The number of benzene rings is 3. The fraction of sp³-hybridized carbons (Fsp3) is 0.0556. The number of hydrogen-bond donors (Lipinski definition) is 3. The zero-order chi connectivity index (χ0) is 21.5. The van der Waals surface area contributed by atoms with Gasteiger partial charge in [-0.25, -0.2) is 4.79 Å². The first-order valence-corrected chi connectivity index (χ1v) is 10.1. The maximum Gasteiger partial charge on any atom is 0.339 e. The number of aromatic hydroxyl groups is 1. The summed E-state index contributed by atoms with van der Waals surface area (Å²) in [6, 6.07) is 8.75. The van der Waals surface area contributed by atoms with E-state index in [4.69, 9.17) is 23.2 Å². The summed E-state index contributed by atoms with van der Waals surface area (Å²) >= 11 is 12.1. The van der Waals surface area contributed by atoms with Crippen LogP contribution in [-0.4, -0.2) is 66.9 Å². The third-order valence-corrected chi connectivity index (χ3v) is 5.86. The Labute approximate surface area is 210 Å². The second-order valence-electron chi connectivity index (χ2n) is 5.97. The van der Waals surface area contributed by atoms with Gasteiger partial charge >= 0.3 is 5.97 Å². The molecule has 3 aromatic carbocycles. The molecule has 0 saturated carbocycles. The number of aromatic carboxylic acids is 1. The number of halogens is 2. The minimum Gasteiger partial charge on any atom is -0.505 e. The molecule has 30 heavy (non-hydrogen) atoms. The van der Waals surface area contributed by atoms with Crippen molar-refractivity contribution < 1.29 is 28.0 Å². The normalized spacial score (nSPS) is 11.6. The van der Waals surface area contributed by atoms with Crippen LogP contribution in [0.1, 0.15) is 15.9 Å². The summed E-state index contributed by atoms with van der Waals surface area (Å²) in [6.45, 7) is 1.51. The summed E-state index contributed by atoms with van der Waals surface area (Å²) in [7, 11) is -4.75.